The van der Waals surface area contributed by atoms with Gasteiger partial charge in [-0.2, -0.15) is 0 Å². The van der Waals surface area contributed by atoms with Crippen molar-refractivity contribution in [1.29, 1.82) is 0 Å². The molecule has 0 unspecified atom stereocenters. The Morgan fingerprint density at radius 1 is 0.959 bits per heavy atom. The van der Waals surface area contributed by atoms with Crippen molar-refractivity contribution in [2.75, 3.05) is 13.7 Å². The van der Waals surface area contributed by atoms with Gasteiger partial charge in [0.2, 0.25) is 0 Å². The molecule has 3 aromatic carbocycles. The molecular weight excluding hydrogens is 701 g/mol. The SMILES string of the molecule is CCCCOC(=O)C12C=C(c3ccccc3OC(F)(F)F)C(NC(=O)c3c(C)c(-c4ccccc4OC)nc4ccc(Br)cc34)(CC1)CC2. The van der Waals surface area contributed by atoms with Crippen LogP contribution in [0.25, 0.3) is 27.7 Å². The van der Waals surface area contributed by atoms with Crippen molar-refractivity contribution in [3.8, 4) is 22.8 Å². The number of rotatable bonds is 10. The van der Waals surface area contributed by atoms with Gasteiger partial charge < -0.3 is 19.5 Å². The summed E-state index contributed by atoms with van der Waals surface area (Å²) in [5.74, 6) is -0.647. The number of para-hydroxylation sites is 2. The number of aromatic nitrogens is 1. The fraction of sp³-hybridized carbons (Fsp3) is 0.342. The van der Waals surface area contributed by atoms with Crippen molar-refractivity contribution < 1.29 is 37.0 Å². The number of alkyl halides is 3. The van der Waals surface area contributed by atoms with Crippen LogP contribution in [-0.2, 0) is 9.53 Å². The van der Waals surface area contributed by atoms with Crippen molar-refractivity contribution in [3.05, 3.63) is 94.0 Å². The van der Waals surface area contributed by atoms with E-state index >= 15 is 0 Å². The first-order valence-corrected chi connectivity index (χ1v) is 17.0. The maximum absolute atomic E-state index is 14.7. The fourth-order valence-corrected chi connectivity index (χ4v) is 7.46. The number of methoxy groups -OCH3 is 1. The van der Waals surface area contributed by atoms with E-state index in [1.54, 1.807) is 19.3 Å². The number of ether oxygens (including phenoxy) is 3. The van der Waals surface area contributed by atoms with Crippen molar-refractivity contribution in [2.45, 2.75) is 64.3 Å². The Morgan fingerprint density at radius 3 is 2.31 bits per heavy atom. The summed E-state index contributed by atoms with van der Waals surface area (Å²) < 4.78 is 57.4. The number of carbonyl (C=O) groups excluding carboxylic acids is 2. The van der Waals surface area contributed by atoms with Gasteiger partial charge in [-0.05, 0) is 86.6 Å². The van der Waals surface area contributed by atoms with Crippen LogP contribution < -0.4 is 14.8 Å². The van der Waals surface area contributed by atoms with Crippen LogP contribution in [0.4, 0.5) is 13.2 Å². The van der Waals surface area contributed by atoms with E-state index in [1.165, 1.54) is 18.2 Å². The molecule has 1 aromatic heterocycles. The normalized spacial score (nSPS) is 20.1. The van der Waals surface area contributed by atoms with Crippen LogP contribution in [0.2, 0.25) is 0 Å². The Labute approximate surface area is 291 Å². The van der Waals surface area contributed by atoms with Gasteiger partial charge in [-0.3, -0.25) is 9.59 Å². The molecule has 3 aliphatic carbocycles. The van der Waals surface area contributed by atoms with Gasteiger partial charge in [0, 0.05) is 21.0 Å². The zero-order valence-electron chi connectivity index (χ0n) is 27.4. The second kappa shape index (κ2) is 13.5. The Morgan fingerprint density at radius 2 is 1.63 bits per heavy atom. The summed E-state index contributed by atoms with van der Waals surface area (Å²) in [7, 11) is 1.57. The Balaban J connectivity index is 1.49. The van der Waals surface area contributed by atoms with E-state index in [0.29, 0.717) is 76.7 Å². The van der Waals surface area contributed by atoms with Crippen LogP contribution in [0.3, 0.4) is 0 Å². The number of carbonyl (C=O) groups is 2. The number of nitrogens with one attached hydrogen (secondary N) is 1. The largest absolute Gasteiger partial charge is 0.573 e. The van der Waals surface area contributed by atoms with Crippen LogP contribution in [-0.4, -0.2) is 42.5 Å². The third-order valence-electron chi connectivity index (χ3n) is 9.60. The molecule has 0 saturated heterocycles. The van der Waals surface area contributed by atoms with Crippen LogP contribution in [0.15, 0.2) is 77.3 Å². The zero-order chi connectivity index (χ0) is 35.0. The molecule has 0 aliphatic heterocycles. The molecule has 3 aliphatic rings. The molecule has 49 heavy (non-hydrogen) atoms. The van der Waals surface area contributed by atoms with E-state index in [0.717, 1.165) is 10.9 Å². The number of pyridine rings is 1. The Bertz CT molecular complexity index is 1950. The highest BCUT2D eigenvalue weighted by Gasteiger charge is 2.55. The molecule has 1 fully saturated rings. The fourth-order valence-electron chi connectivity index (χ4n) is 7.10. The van der Waals surface area contributed by atoms with Crippen LogP contribution in [0, 0.1) is 12.3 Å². The van der Waals surface area contributed by atoms with E-state index in [4.69, 9.17) is 14.5 Å². The van der Waals surface area contributed by atoms with E-state index in [9.17, 15) is 22.8 Å². The monoisotopic (exact) mass is 736 g/mol. The van der Waals surface area contributed by atoms with Gasteiger partial charge in [0.25, 0.3) is 5.91 Å². The average molecular weight is 738 g/mol. The number of nitrogens with zero attached hydrogens (tertiary/aromatic N) is 1. The number of esters is 1. The lowest BCUT2D eigenvalue weighted by Gasteiger charge is -2.51. The summed E-state index contributed by atoms with van der Waals surface area (Å²) in [6.45, 7) is 4.07. The number of hydrogen-bond acceptors (Lipinski definition) is 6. The lowest BCUT2D eigenvalue weighted by atomic mass is 9.57. The number of benzene rings is 3. The van der Waals surface area contributed by atoms with Gasteiger partial charge in [-0.25, -0.2) is 4.98 Å². The van der Waals surface area contributed by atoms with Gasteiger partial charge in [-0.15, -0.1) is 13.2 Å². The minimum absolute atomic E-state index is 0.152. The van der Waals surface area contributed by atoms with E-state index in [2.05, 4.69) is 26.0 Å². The highest BCUT2D eigenvalue weighted by atomic mass is 79.9. The van der Waals surface area contributed by atoms with Crippen LogP contribution >= 0.6 is 15.9 Å². The molecule has 2 bridgehead atoms. The summed E-state index contributed by atoms with van der Waals surface area (Å²) in [4.78, 5) is 33.2. The highest BCUT2D eigenvalue weighted by molar-refractivity contribution is 9.10. The predicted molar refractivity (Wildman–Crippen MR) is 184 cm³/mol. The lowest BCUT2D eigenvalue weighted by molar-refractivity contribution is -0.274. The average Bonchev–Trinajstić information content (AvgIpc) is 3.08. The zero-order valence-corrected chi connectivity index (χ0v) is 29.0. The third kappa shape index (κ3) is 6.65. The van der Waals surface area contributed by atoms with Gasteiger partial charge in [0.1, 0.15) is 11.5 Å². The minimum Gasteiger partial charge on any atom is -0.496 e. The predicted octanol–water partition coefficient (Wildman–Crippen LogP) is 9.35. The number of halogens is 4. The first kappa shape index (κ1) is 34.5. The quantitative estimate of drug-likeness (QED) is 0.129. The molecule has 7 rings (SSSR count). The maximum atomic E-state index is 14.7. The van der Waals surface area contributed by atoms with Gasteiger partial charge in [0.05, 0.1) is 41.4 Å². The number of fused-ring (bicyclic) bond motifs is 3. The molecule has 1 heterocycles. The topological polar surface area (TPSA) is 86.8 Å². The summed E-state index contributed by atoms with van der Waals surface area (Å²) >= 11 is 3.53. The molecule has 7 nitrogen and oxygen atoms in total. The maximum Gasteiger partial charge on any atom is 0.573 e. The molecule has 1 N–H and O–H groups in total. The van der Waals surface area contributed by atoms with Crippen LogP contribution in [0.1, 0.15) is 66.9 Å². The lowest BCUT2D eigenvalue weighted by Crippen LogP contribution is -2.57. The van der Waals surface area contributed by atoms with Gasteiger partial charge in [0.15, 0.2) is 0 Å². The molecule has 0 radical (unpaired) electrons. The van der Waals surface area contributed by atoms with Crippen molar-refractivity contribution in [1.82, 2.24) is 10.3 Å². The molecule has 0 spiro atoms. The van der Waals surface area contributed by atoms with Crippen molar-refractivity contribution in [3.63, 3.8) is 0 Å². The smallest absolute Gasteiger partial charge is 0.496 e. The van der Waals surface area contributed by atoms with E-state index in [1.807, 2.05) is 56.3 Å². The third-order valence-corrected chi connectivity index (χ3v) is 10.1. The van der Waals surface area contributed by atoms with Gasteiger partial charge in [-0.1, -0.05) is 65.7 Å². The number of amides is 1. The Hall–Kier alpha value is -4.38. The molecule has 1 saturated carbocycles. The summed E-state index contributed by atoms with van der Waals surface area (Å²) in [6, 6.07) is 18.7. The summed E-state index contributed by atoms with van der Waals surface area (Å²) in [5.41, 5.74) is 1.24. The first-order valence-electron chi connectivity index (χ1n) is 16.2. The summed E-state index contributed by atoms with van der Waals surface area (Å²) in [5, 5.41) is 3.88. The van der Waals surface area contributed by atoms with Crippen molar-refractivity contribution >= 4 is 44.3 Å². The molecular formula is C38H36BrF3N2O5. The van der Waals surface area contributed by atoms with Crippen LogP contribution in [0.5, 0.6) is 11.5 Å². The molecule has 4 aromatic rings. The second-order valence-corrected chi connectivity index (χ2v) is 13.5. The van der Waals surface area contributed by atoms with Crippen molar-refractivity contribution in [2.24, 2.45) is 5.41 Å². The van der Waals surface area contributed by atoms with E-state index in [-0.39, 0.29) is 12.2 Å². The van der Waals surface area contributed by atoms with Gasteiger partial charge >= 0.3 is 12.3 Å². The minimum atomic E-state index is -4.95. The molecule has 256 valence electrons. The molecule has 11 heteroatoms. The Kier molecular flexibility index (Phi) is 9.50. The first-order chi connectivity index (χ1) is 23.4. The molecule has 0 atom stereocenters. The van der Waals surface area contributed by atoms with E-state index < -0.39 is 34.9 Å². The standard InChI is InChI=1S/C38H36BrF3N2O5/c1-4-5-20-48-35(46)36-16-18-37(19-17-36,28(22-36)25-10-6-9-13-31(25)49-38(40,41)42)44-34(45)32-23(2)33(26-11-7-8-12-30(26)47-3)43-29-15-14-24(39)21-27(29)32/h6-15,21-22H,4-5,16-20H2,1-3H3,(H,44,45). The highest BCUT2D eigenvalue weighted by Crippen LogP contribution is 2.56. The number of hydrogen-bond donors (Lipinski definition) is 1. The molecule has 1 amide bonds. The number of unbranched alkanes of at least 4 members (excludes halogenated alkanes) is 1. The second-order valence-electron chi connectivity index (χ2n) is 12.6. The summed E-state index contributed by atoms with van der Waals surface area (Å²) in [6.07, 6.45) is -0.369.